The molecule has 4 nitrogen and oxygen atoms in total. The van der Waals surface area contributed by atoms with E-state index in [0.29, 0.717) is 0 Å². The average Bonchev–Trinajstić information content (AvgIpc) is 2.80. The molecule has 1 heterocycles. The van der Waals surface area contributed by atoms with E-state index in [1.54, 1.807) is 0 Å². The van der Waals surface area contributed by atoms with Gasteiger partial charge in [0.25, 0.3) is 0 Å². The zero-order valence-electron chi connectivity index (χ0n) is 12.3. The molecule has 6 heteroatoms. The van der Waals surface area contributed by atoms with Crippen LogP contribution >= 0.6 is 35.7 Å². The van der Waals surface area contributed by atoms with Gasteiger partial charge in [-0.2, -0.15) is 11.8 Å². The van der Waals surface area contributed by atoms with Crippen LogP contribution in [0.4, 0.5) is 0 Å². The summed E-state index contributed by atoms with van der Waals surface area (Å²) in [5.74, 6) is 2.12. The van der Waals surface area contributed by atoms with Gasteiger partial charge in [-0.15, -0.1) is 24.0 Å². The van der Waals surface area contributed by atoms with Gasteiger partial charge in [0.15, 0.2) is 5.96 Å². The normalized spacial score (nSPS) is 23.0. The van der Waals surface area contributed by atoms with Gasteiger partial charge in [-0.05, 0) is 44.6 Å². The number of hydrogen-bond acceptors (Lipinski definition) is 3. The Morgan fingerprint density at radius 3 is 2.74 bits per heavy atom. The van der Waals surface area contributed by atoms with Crippen LogP contribution < -0.4 is 10.6 Å². The number of nitrogens with zero attached hydrogens (tertiary/aromatic N) is 1. The van der Waals surface area contributed by atoms with Gasteiger partial charge in [-0.3, -0.25) is 4.99 Å². The Balaban J connectivity index is 0.00000324. The fraction of sp³-hybridized carbons (Fsp3) is 0.923. The van der Waals surface area contributed by atoms with E-state index in [1.807, 2.05) is 18.8 Å². The number of hydrogen-bond donors (Lipinski definition) is 2. The number of nitrogens with one attached hydrogen (secondary N) is 2. The first-order chi connectivity index (χ1) is 8.70. The molecule has 0 spiro atoms. The van der Waals surface area contributed by atoms with Crippen LogP contribution in [0.2, 0.25) is 0 Å². The molecule has 1 aliphatic heterocycles. The predicted octanol–water partition coefficient (Wildman–Crippen LogP) is 2.48. The highest BCUT2D eigenvalue weighted by Gasteiger charge is 2.29. The van der Waals surface area contributed by atoms with Crippen molar-refractivity contribution in [2.24, 2.45) is 4.99 Å². The lowest BCUT2D eigenvalue weighted by Crippen LogP contribution is -2.45. The second-order valence-corrected chi connectivity index (χ2v) is 5.94. The van der Waals surface area contributed by atoms with E-state index in [1.165, 1.54) is 25.0 Å². The van der Waals surface area contributed by atoms with Crippen molar-refractivity contribution in [1.29, 1.82) is 0 Å². The fourth-order valence-electron chi connectivity index (χ4n) is 2.05. The molecular formula is C13H28IN3OS. The van der Waals surface area contributed by atoms with Gasteiger partial charge in [0.1, 0.15) is 0 Å². The summed E-state index contributed by atoms with van der Waals surface area (Å²) in [5, 5.41) is 6.70. The van der Waals surface area contributed by atoms with Crippen molar-refractivity contribution in [3.8, 4) is 0 Å². The first-order valence-corrected chi connectivity index (χ1v) is 8.17. The standard InChI is InChI=1S/C13H27N3OS.HI/c1-13(7-6-9-17-13)11-16-12(14-2)15-8-4-5-10-18-3;/h4-11H2,1-3H3,(H2,14,15,16);1H. The van der Waals surface area contributed by atoms with Crippen molar-refractivity contribution in [1.82, 2.24) is 10.6 Å². The third-order valence-electron chi connectivity index (χ3n) is 3.22. The molecule has 1 atom stereocenters. The summed E-state index contributed by atoms with van der Waals surface area (Å²) in [6, 6.07) is 0. The van der Waals surface area contributed by atoms with Crippen LogP contribution in [0.5, 0.6) is 0 Å². The molecule has 0 radical (unpaired) electrons. The summed E-state index contributed by atoms with van der Waals surface area (Å²) in [4.78, 5) is 4.23. The summed E-state index contributed by atoms with van der Waals surface area (Å²) in [7, 11) is 1.81. The molecule has 1 rings (SSSR count). The van der Waals surface area contributed by atoms with Crippen LogP contribution in [0, 0.1) is 0 Å². The molecular weight excluding hydrogens is 373 g/mol. The molecule has 0 aromatic carbocycles. The summed E-state index contributed by atoms with van der Waals surface area (Å²) >= 11 is 1.90. The molecule has 0 aromatic rings. The Morgan fingerprint density at radius 2 is 2.16 bits per heavy atom. The summed E-state index contributed by atoms with van der Waals surface area (Å²) in [5.41, 5.74) is -0.0174. The maximum Gasteiger partial charge on any atom is 0.191 e. The summed E-state index contributed by atoms with van der Waals surface area (Å²) in [6.45, 7) is 4.87. The van der Waals surface area contributed by atoms with Crippen LogP contribution in [0.15, 0.2) is 4.99 Å². The van der Waals surface area contributed by atoms with E-state index in [2.05, 4.69) is 28.8 Å². The zero-order chi connectivity index (χ0) is 13.3. The van der Waals surface area contributed by atoms with Crippen molar-refractivity contribution in [2.45, 2.75) is 38.2 Å². The second kappa shape index (κ2) is 11.0. The minimum Gasteiger partial charge on any atom is -0.373 e. The van der Waals surface area contributed by atoms with Crippen LogP contribution in [-0.2, 0) is 4.74 Å². The van der Waals surface area contributed by atoms with E-state index in [0.717, 1.165) is 32.1 Å². The minimum atomic E-state index is -0.0174. The van der Waals surface area contributed by atoms with Gasteiger partial charge in [-0.1, -0.05) is 0 Å². The van der Waals surface area contributed by atoms with Crippen LogP contribution in [0.25, 0.3) is 0 Å². The monoisotopic (exact) mass is 401 g/mol. The Hall–Kier alpha value is 0.310. The van der Waals surface area contributed by atoms with Gasteiger partial charge in [-0.25, -0.2) is 0 Å². The number of guanidine groups is 1. The van der Waals surface area contributed by atoms with E-state index in [9.17, 15) is 0 Å². The molecule has 19 heavy (non-hydrogen) atoms. The largest absolute Gasteiger partial charge is 0.373 e. The van der Waals surface area contributed by atoms with Crippen LogP contribution in [0.3, 0.4) is 0 Å². The first kappa shape index (κ1) is 19.3. The highest BCUT2D eigenvalue weighted by atomic mass is 127. The number of halogens is 1. The van der Waals surface area contributed by atoms with Gasteiger partial charge < -0.3 is 15.4 Å². The minimum absolute atomic E-state index is 0. The number of unbranched alkanes of at least 4 members (excludes halogenated alkanes) is 1. The number of thioether (sulfide) groups is 1. The molecule has 1 unspecified atom stereocenters. The van der Waals surface area contributed by atoms with Crippen LogP contribution in [0.1, 0.15) is 32.6 Å². The molecule has 114 valence electrons. The third kappa shape index (κ3) is 8.24. The molecule has 1 aliphatic rings. The van der Waals surface area contributed by atoms with Crippen LogP contribution in [-0.4, -0.2) is 50.3 Å². The molecule has 1 fully saturated rings. The van der Waals surface area contributed by atoms with Gasteiger partial charge in [0.2, 0.25) is 0 Å². The second-order valence-electron chi connectivity index (χ2n) is 4.95. The van der Waals surface area contributed by atoms with Gasteiger partial charge in [0.05, 0.1) is 5.60 Å². The van der Waals surface area contributed by atoms with Crippen molar-refractivity contribution < 1.29 is 4.74 Å². The van der Waals surface area contributed by atoms with Crippen molar-refractivity contribution in [3.05, 3.63) is 0 Å². The van der Waals surface area contributed by atoms with Crippen molar-refractivity contribution >= 4 is 41.7 Å². The number of rotatable bonds is 7. The molecule has 0 aliphatic carbocycles. The number of ether oxygens (including phenoxy) is 1. The Bertz CT molecular complexity index is 258. The van der Waals surface area contributed by atoms with Crippen molar-refractivity contribution in [2.75, 3.05) is 38.8 Å². The van der Waals surface area contributed by atoms with Crippen molar-refractivity contribution in [3.63, 3.8) is 0 Å². The maximum atomic E-state index is 5.74. The van der Waals surface area contributed by atoms with Gasteiger partial charge in [0, 0.05) is 26.7 Å². The number of aliphatic imine (C=N–C) groups is 1. The average molecular weight is 401 g/mol. The molecule has 0 saturated carbocycles. The highest BCUT2D eigenvalue weighted by Crippen LogP contribution is 2.23. The Morgan fingerprint density at radius 1 is 1.37 bits per heavy atom. The molecule has 2 N–H and O–H groups in total. The van der Waals surface area contributed by atoms with E-state index in [4.69, 9.17) is 4.74 Å². The topological polar surface area (TPSA) is 45.7 Å². The van der Waals surface area contributed by atoms with Gasteiger partial charge >= 0.3 is 0 Å². The Labute approximate surface area is 138 Å². The third-order valence-corrected chi connectivity index (χ3v) is 3.92. The van der Waals surface area contributed by atoms with E-state index in [-0.39, 0.29) is 29.6 Å². The zero-order valence-corrected chi connectivity index (χ0v) is 15.5. The SMILES string of the molecule is CN=C(NCCCCSC)NCC1(C)CCCO1.I. The quantitative estimate of drug-likeness (QED) is 0.298. The highest BCUT2D eigenvalue weighted by molar-refractivity contribution is 14.0. The maximum absolute atomic E-state index is 5.74. The lowest BCUT2D eigenvalue weighted by atomic mass is 10.0. The fourth-order valence-corrected chi connectivity index (χ4v) is 2.54. The molecule has 0 aromatic heterocycles. The summed E-state index contributed by atoms with van der Waals surface area (Å²) < 4.78 is 5.74. The molecule has 1 saturated heterocycles. The lowest BCUT2D eigenvalue weighted by Gasteiger charge is -2.24. The van der Waals surface area contributed by atoms with E-state index >= 15 is 0 Å². The smallest absolute Gasteiger partial charge is 0.191 e. The molecule has 0 amide bonds. The first-order valence-electron chi connectivity index (χ1n) is 6.77. The lowest BCUT2D eigenvalue weighted by molar-refractivity contribution is 0.0243. The predicted molar refractivity (Wildman–Crippen MR) is 96.0 cm³/mol. The van der Waals surface area contributed by atoms with E-state index < -0.39 is 0 Å². The summed E-state index contributed by atoms with van der Waals surface area (Å²) in [6.07, 6.45) is 6.89. The Kier molecular flexibility index (Phi) is 11.2. The molecule has 0 bridgehead atoms.